The Morgan fingerprint density at radius 1 is 1.06 bits per heavy atom. The van der Waals surface area contributed by atoms with Crippen LogP contribution in [0.15, 0.2) is 34.7 Å². The molecule has 1 unspecified atom stereocenters. The van der Waals surface area contributed by atoms with Gasteiger partial charge in [0.15, 0.2) is 0 Å². The Balaban J connectivity index is 2.43. The topological polar surface area (TPSA) is 39.2 Å². The lowest BCUT2D eigenvalue weighted by atomic mass is 9.96. The van der Waals surface area contributed by atoms with Gasteiger partial charge in [-0.25, -0.2) is 0 Å². The summed E-state index contributed by atoms with van der Waals surface area (Å²) in [5.41, 5.74) is 9.72. The van der Waals surface area contributed by atoms with Gasteiger partial charge < -0.3 is 10.2 Å². The number of benzene rings is 1. The Bertz CT molecular complexity index is 499. The molecule has 0 spiro atoms. The minimum Gasteiger partial charge on any atom is -0.466 e. The Morgan fingerprint density at radius 3 is 2.31 bits per heavy atom. The molecule has 2 nitrogen and oxygen atoms in total. The lowest BCUT2D eigenvalue weighted by Crippen LogP contribution is -2.13. The van der Waals surface area contributed by atoms with Crippen LogP contribution in [0.2, 0.25) is 0 Å². The average Bonchev–Trinajstić information content (AvgIpc) is 2.58. The second kappa shape index (κ2) is 4.14. The second-order valence-electron chi connectivity index (χ2n) is 4.20. The van der Waals surface area contributed by atoms with Crippen LogP contribution in [-0.2, 0) is 0 Å². The maximum absolute atomic E-state index is 6.27. The number of nitrogens with two attached hydrogens (primary N) is 1. The van der Waals surface area contributed by atoms with Gasteiger partial charge in [-0.05, 0) is 38.0 Å². The highest BCUT2D eigenvalue weighted by molar-refractivity contribution is 5.38. The quantitative estimate of drug-likeness (QED) is 0.835. The number of rotatable bonds is 2. The van der Waals surface area contributed by atoms with Crippen molar-refractivity contribution >= 4 is 0 Å². The molecule has 0 saturated heterocycles. The van der Waals surface area contributed by atoms with Crippen molar-refractivity contribution < 1.29 is 4.42 Å². The van der Waals surface area contributed by atoms with Gasteiger partial charge in [-0.2, -0.15) is 0 Å². The van der Waals surface area contributed by atoms with Gasteiger partial charge in [0.05, 0.1) is 6.04 Å². The van der Waals surface area contributed by atoms with E-state index in [-0.39, 0.29) is 6.04 Å². The van der Waals surface area contributed by atoms with Crippen molar-refractivity contribution in [2.75, 3.05) is 0 Å². The molecule has 0 radical (unpaired) electrons. The first-order valence-corrected chi connectivity index (χ1v) is 5.47. The van der Waals surface area contributed by atoms with E-state index in [0.29, 0.717) is 0 Å². The van der Waals surface area contributed by atoms with Gasteiger partial charge in [0, 0.05) is 5.56 Å². The summed E-state index contributed by atoms with van der Waals surface area (Å²) in [5.74, 6) is 1.82. The highest BCUT2D eigenvalue weighted by atomic mass is 16.3. The molecule has 84 valence electrons. The van der Waals surface area contributed by atoms with E-state index in [1.807, 2.05) is 32.0 Å². The van der Waals surface area contributed by atoms with Crippen LogP contribution in [0.4, 0.5) is 0 Å². The maximum Gasteiger partial charge on any atom is 0.106 e. The maximum atomic E-state index is 6.27. The molecule has 16 heavy (non-hydrogen) atoms. The highest BCUT2D eigenvalue weighted by Gasteiger charge is 2.16. The summed E-state index contributed by atoms with van der Waals surface area (Å²) < 4.78 is 5.52. The van der Waals surface area contributed by atoms with E-state index in [9.17, 15) is 0 Å². The summed E-state index contributed by atoms with van der Waals surface area (Å²) in [6.07, 6.45) is 0. The average molecular weight is 215 g/mol. The molecule has 0 aliphatic heterocycles. The van der Waals surface area contributed by atoms with Crippen LogP contribution in [-0.4, -0.2) is 0 Å². The molecule has 1 atom stereocenters. The Morgan fingerprint density at radius 2 is 1.75 bits per heavy atom. The fourth-order valence-electron chi connectivity index (χ4n) is 2.06. The van der Waals surface area contributed by atoms with Crippen LogP contribution >= 0.6 is 0 Å². The van der Waals surface area contributed by atoms with Crippen molar-refractivity contribution in [3.63, 3.8) is 0 Å². The molecule has 1 aromatic carbocycles. The van der Waals surface area contributed by atoms with Gasteiger partial charge in [-0.1, -0.05) is 24.3 Å². The molecule has 1 aromatic heterocycles. The van der Waals surface area contributed by atoms with Crippen molar-refractivity contribution in [1.29, 1.82) is 0 Å². The van der Waals surface area contributed by atoms with Gasteiger partial charge in [0.2, 0.25) is 0 Å². The van der Waals surface area contributed by atoms with Crippen molar-refractivity contribution in [1.82, 2.24) is 0 Å². The van der Waals surface area contributed by atoms with E-state index in [2.05, 4.69) is 19.1 Å². The summed E-state index contributed by atoms with van der Waals surface area (Å²) in [6.45, 7) is 5.99. The number of hydrogen-bond donors (Lipinski definition) is 1. The second-order valence-corrected chi connectivity index (χ2v) is 4.20. The molecule has 0 saturated carbocycles. The lowest BCUT2D eigenvalue weighted by molar-refractivity contribution is 0.499. The predicted molar refractivity (Wildman–Crippen MR) is 65.4 cm³/mol. The zero-order chi connectivity index (χ0) is 11.7. The number of furan rings is 1. The summed E-state index contributed by atoms with van der Waals surface area (Å²) in [5, 5.41) is 0. The molecule has 2 heteroatoms. The predicted octanol–water partition coefficient (Wildman–Crippen LogP) is 3.25. The first-order chi connectivity index (χ1) is 7.59. The summed E-state index contributed by atoms with van der Waals surface area (Å²) in [7, 11) is 0. The van der Waals surface area contributed by atoms with E-state index in [1.165, 1.54) is 5.56 Å². The molecule has 2 N–H and O–H groups in total. The molecule has 1 heterocycles. The zero-order valence-corrected chi connectivity index (χ0v) is 9.95. The van der Waals surface area contributed by atoms with Gasteiger partial charge in [-0.3, -0.25) is 0 Å². The van der Waals surface area contributed by atoms with E-state index < -0.39 is 0 Å². The van der Waals surface area contributed by atoms with Crippen LogP contribution in [0.5, 0.6) is 0 Å². The smallest absolute Gasteiger partial charge is 0.106 e. The fraction of sp³-hybridized carbons (Fsp3) is 0.286. The monoisotopic (exact) mass is 215 g/mol. The first-order valence-electron chi connectivity index (χ1n) is 5.47. The standard InChI is InChI=1S/C14H17NO/c1-9-6-4-5-7-12(9)14(15)13-8-10(2)16-11(13)3/h4-8,14H,15H2,1-3H3. The van der Waals surface area contributed by atoms with Crippen LogP contribution in [0.25, 0.3) is 0 Å². The van der Waals surface area contributed by atoms with Crippen molar-refractivity contribution in [2.24, 2.45) is 5.73 Å². The van der Waals surface area contributed by atoms with Gasteiger partial charge in [0.25, 0.3) is 0 Å². The fourth-order valence-corrected chi connectivity index (χ4v) is 2.06. The van der Waals surface area contributed by atoms with Gasteiger partial charge in [0.1, 0.15) is 11.5 Å². The van der Waals surface area contributed by atoms with Crippen LogP contribution in [0.3, 0.4) is 0 Å². The Labute approximate surface area is 96.1 Å². The molecule has 2 aromatic rings. The molecule has 2 rings (SSSR count). The minimum atomic E-state index is -0.0985. The summed E-state index contributed by atoms with van der Waals surface area (Å²) in [4.78, 5) is 0. The molecule has 0 aliphatic carbocycles. The number of hydrogen-bond acceptors (Lipinski definition) is 2. The van der Waals surface area contributed by atoms with Gasteiger partial charge in [-0.15, -0.1) is 0 Å². The van der Waals surface area contributed by atoms with Crippen molar-refractivity contribution in [3.05, 3.63) is 58.5 Å². The molecule has 0 fully saturated rings. The largest absolute Gasteiger partial charge is 0.466 e. The third-order valence-corrected chi connectivity index (χ3v) is 2.94. The van der Waals surface area contributed by atoms with Crippen molar-refractivity contribution in [3.8, 4) is 0 Å². The van der Waals surface area contributed by atoms with Crippen LogP contribution in [0.1, 0.15) is 34.3 Å². The zero-order valence-electron chi connectivity index (χ0n) is 9.95. The van der Waals surface area contributed by atoms with E-state index in [0.717, 1.165) is 22.6 Å². The summed E-state index contributed by atoms with van der Waals surface area (Å²) in [6, 6.07) is 10.1. The van der Waals surface area contributed by atoms with E-state index in [4.69, 9.17) is 10.2 Å². The third-order valence-electron chi connectivity index (χ3n) is 2.94. The van der Waals surface area contributed by atoms with Crippen LogP contribution in [0, 0.1) is 20.8 Å². The molecular weight excluding hydrogens is 198 g/mol. The first kappa shape index (κ1) is 11.0. The lowest BCUT2D eigenvalue weighted by Gasteiger charge is -2.13. The Hall–Kier alpha value is -1.54. The summed E-state index contributed by atoms with van der Waals surface area (Å²) >= 11 is 0. The molecule has 0 aliphatic rings. The Kier molecular flexibility index (Phi) is 2.84. The minimum absolute atomic E-state index is 0.0985. The SMILES string of the molecule is Cc1cc(C(N)c2ccccc2C)c(C)o1. The van der Waals surface area contributed by atoms with Gasteiger partial charge >= 0.3 is 0 Å². The normalized spacial score (nSPS) is 12.8. The van der Waals surface area contributed by atoms with Crippen LogP contribution < -0.4 is 5.73 Å². The highest BCUT2D eigenvalue weighted by Crippen LogP contribution is 2.27. The number of aryl methyl sites for hydroxylation is 3. The third kappa shape index (κ3) is 1.89. The van der Waals surface area contributed by atoms with Crippen molar-refractivity contribution in [2.45, 2.75) is 26.8 Å². The van der Waals surface area contributed by atoms with E-state index in [1.54, 1.807) is 0 Å². The van der Waals surface area contributed by atoms with E-state index >= 15 is 0 Å². The molecule has 0 amide bonds. The molecule has 0 bridgehead atoms. The molecular formula is C14H17NO.